The predicted octanol–water partition coefficient (Wildman–Crippen LogP) is 5.20. The number of ether oxygens (including phenoxy) is 1. The summed E-state index contributed by atoms with van der Waals surface area (Å²) in [6, 6.07) is 19.6. The van der Waals surface area contributed by atoms with Gasteiger partial charge in [-0.2, -0.15) is 0 Å². The van der Waals surface area contributed by atoms with E-state index >= 15 is 0 Å². The molecule has 0 saturated heterocycles. The summed E-state index contributed by atoms with van der Waals surface area (Å²) in [5.41, 5.74) is 3.14. The maximum atomic E-state index is 12.0. The molecule has 0 N–H and O–H groups in total. The van der Waals surface area contributed by atoms with Crippen LogP contribution in [-0.2, 0) is 11.2 Å². The van der Waals surface area contributed by atoms with Crippen LogP contribution in [0.5, 0.6) is 0 Å². The van der Waals surface area contributed by atoms with Crippen LogP contribution in [0.25, 0.3) is 0 Å². The van der Waals surface area contributed by atoms with E-state index in [1.165, 1.54) is 11.1 Å². The molecule has 0 fully saturated rings. The summed E-state index contributed by atoms with van der Waals surface area (Å²) in [5.74, 6) is -0.254. The van der Waals surface area contributed by atoms with Gasteiger partial charge in [0.05, 0.1) is 5.56 Å². The van der Waals surface area contributed by atoms with Crippen molar-refractivity contribution in [2.45, 2.75) is 32.6 Å². The third kappa shape index (κ3) is 6.11. The maximum absolute atomic E-state index is 12.0. The largest absolute Gasteiger partial charge is 0.458 e. The van der Waals surface area contributed by atoms with Crippen LogP contribution in [0.15, 0.2) is 72.3 Å². The van der Waals surface area contributed by atoms with Crippen LogP contribution < -0.4 is 0 Å². The van der Waals surface area contributed by atoms with Crippen molar-refractivity contribution in [3.63, 3.8) is 0 Å². The molecule has 0 unspecified atom stereocenters. The minimum atomic E-state index is -0.254. The lowest BCUT2D eigenvalue weighted by Gasteiger charge is -2.08. The van der Waals surface area contributed by atoms with E-state index in [9.17, 15) is 4.79 Å². The number of hydrogen-bond acceptors (Lipinski definition) is 2. The van der Waals surface area contributed by atoms with Gasteiger partial charge in [-0.25, -0.2) is 4.79 Å². The van der Waals surface area contributed by atoms with Gasteiger partial charge in [-0.05, 0) is 42.5 Å². The first kappa shape index (κ1) is 17.0. The minimum Gasteiger partial charge on any atom is -0.458 e. The van der Waals surface area contributed by atoms with Crippen molar-refractivity contribution in [2.24, 2.45) is 0 Å². The molecule has 0 aliphatic rings. The second-order valence-electron chi connectivity index (χ2n) is 5.58. The van der Waals surface area contributed by atoms with Crippen LogP contribution >= 0.6 is 0 Å². The van der Waals surface area contributed by atoms with Crippen LogP contribution in [-0.4, -0.2) is 12.6 Å². The highest BCUT2D eigenvalue weighted by Crippen LogP contribution is 2.11. The molecule has 2 heteroatoms. The predicted molar refractivity (Wildman–Crippen MR) is 94.5 cm³/mol. The van der Waals surface area contributed by atoms with Gasteiger partial charge < -0.3 is 4.74 Å². The number of benzene rings is 2. The summed E-state index contributed by atoms with van der Waals surface area (Å²) in [6.07, 6.45) is 6.23. The van der Waals surface area contributed by atoms with Crippen molar-refractivity contribution in [1.82, 2.24) is 0 Å². The SMILES string of the molecule is CCC/C(=C/CCc1ccccc1)COC(=O)c1ccccc1. The standard InChI is InChI=1S/C21H24O2/c1-2-10-19(14-9-13-18-11-5-3-6-12-18)17-23-21(22)20-15-7-4-8-16-20/h3-8,11-12,14-16H,2,9-10,13,17H2,1H3/b19-14-. The van der Waals surface area contributed by atoms with E-state index in [2.05, 4.69) is 37.3 Å². The average molecular weight is 308 g/mol. The molecular weight excluding hydrogens is 284 g/mol. The Morgan fingerprint density at radius 2 is 1.65 bits per heavy atom. The normalized spacial score (nSPS) is 11.3. The molecule has 2 aromatic carbocycles. The van der Waals surface area contributed by atoms with Gasteiger partial charge in [0.2, 0.25) is 0 Å². The van der Waals surface area contributed by atoms with Crippen LogP contribution in [0.4, 0.5) is 0 Å². The number of carbonyl (C=O) groups is 1. The van der Waals surface area contributed by atoms with Crippen LogP contribution in [0, 0.1) is 0 Å². The Hall–Kier alpha value is -2.35. The van der Waals surface area contributed by atoms with Crippen molar-refractivity contribution in [3.8, 4) is 0 Å². The molecule has 120 valence electrons. The molecule has 0 aliphatic heterocycles. The summed E-state index contributed by atoms with van der Waals surface area (Å²) in [4.78, 5) is 12.0. The van der Waals surface area contributed by atoms with E-state index in [1.54, 1.807) is 12.1 Å². The monoisotopic (exact) mass is 308 g/mol. The van der Waals surface area contributed by atoms with Gasteiger partial charge in [-0.3, -0.25) is 0 Å². The summed E-state index contributed by atoms with van der Waals surface area (Å²) < 4.78 is 5.44. The van der Waals surface area contributed by atoms with Gasteiger partial charge in [0, 0.05) is 0 Å². The Labute approximate surface area is 138 Å². The Morgan fingerprint density at radius 1 is 1.00 bits per heavy atom. The fourth-order valence-corrected chi connectivity index (χ4v) is 2.46. The molecule has 2 nitrogen and oxygen atoms in total. The van der Waals surface area contributed by atoms with Crippen molar-refractivity contribution >= 4 is 5.97 Å². The van der Waals surface area contributed by atoms with Crippen molar-refractivity contribution in [1.29, 1.82) is 0 Å². The average Bonchev–Trinajstić information content (AvgIpc) is 2.61. The second-order valence-corrected chi connectivity index (χ2v) is 5.58. The first-order valence-electron chi connectivity index (χ1n) is 8.23. The zero-order valence-electron chi connectivity index (χ0n) is 13.7. The quantitative estimate of drug-likeness (QED) is 0.495. The molecule has 0 atom stereocenters. The fraction of sp³-hybridized carbons (Fsp3) is 0.286. The van der Waals surface area contributed by atoms with Crippen molar-refractivity contribution in [3.05, 3.63) is 83.4 Å². The van der Waals surface area contributed by atoms with Gasteiger partial charge in [0.1, 0.15) is 6.61 Å². The first-order chi connectivity index (χ1) is 11.3. The summed E-state index contributed by atoms with van der Waals surface area (Å²) >= 11 is 0. The molecule has 0 spiro atoms. The number of allylic oxidation sites excluding steroid dienone is 1. The number of rotatable bonds is 8. The number of aryl methyl sites for hydroxylation is 1. The molecule has 0 bridgehead atoms. The number of hydrogen-bond donors (Lipinski definition) is 0. The number of carbonyl (C=O) groups excluding carboxylic acids is 1. The van der Waals surface area contributed by atoms with E-state index < -0.39 is 0 Å². The fourth-order valence-electron chi connectivity index (χ4n) is 2.46. The third-order valence-corrected chi connectivity index (χ3v) is 3.68. The van der Waals surface area contributed by atoms with E-state index in [0.717, 1.165) is 25.7 Å². The molecule has 23 heavy (non-hydrogen) atoms. The van der Waals surface area contributed by atoms with Crippen molar-refractivity contribution in [2.75, 3.05) is 6.61 Å². The molecule has 0 amide bonds. The highest BCUT2D eigenvalue weighted by atomic mass is 16.5. The topological polar surface area (TPSA) is 26.3 Å². The van der Waals surface area contributed by atoms with Gasteiger partial charge in [0.25, 0.3) is 0 Å². The highest BCUT2D eigenvalue weighted by Gasteiger charge is 2.07. The van der Waals surface area contributed by atoms with Crippen LogP contribution in [0.1, 0.15) is 42.1 Å². The lowest BCUT2D eigenvalue weighted by molar-refractivity contribution is 0.0537. The minimum absolute atomic E-state index is 0.254. The van der Waals surface area contributed by atoms with Gasteiger partial charge in [-0.15, -0.1) is 0 Å². The smallest absolute Gasteiger partial charge is 0.338 e. The molecule has 2 rings (SSSR count). The first-order valence-corrected chi connectivity index (χ1v) is 8.23. The second kappa shape index (κ2) is 9.62. The Morgan fingerprint density at radius 3 is 2.30 bits per heavy atom. The van der Waals surface area contributed by atoms with E-state index in [0.29, 0.717) is 12.2 Å². The summed E-state index contributed by atoms with van der Waals surface area (Å²) in [5, 5.41) is 0. The van der Waals surface area contributed by atoms with Crippen LogP contribution in [0.2, 0.25) is 0 Å². The van der Waals surface area contributed by atoms with Crippen molar-refractivity contribution < 1.29 is 9.53 Å². The summed E-state index contributed by atoms with van der Waals surface area (Å²) in [6.45, 7) is 2.53. The lowest BCUT2D eigenvalue weighted by Crippen LogP contribution is -2.08. The molecule has 0 saturated carbocycles. The molecule has 0 aliphatic carbocycles. The van der Waals surface area contributed by atoms with Gasteiger partial charge in [-0.1, -0.05) is 68.0 Å². The Kier molecular flexibility index (Phi) is 7.12. The van der Waals surface area contributed by atoms with E-state index in [-0.39, 0.29) is 5.97 Å². The number of esters is 1. The Balaban J connectivity index is 1.85. The van der Waals surface area contributed by atoms with Gasteiger partial charge in [0.15, 0.2) is 0 Å². The Bertz CT molecular complexity index is 615. The molecule has 2 aromatic rings. The molecule has 0 heterocycles. The van der Waals surface area contributed by atoms with Crippen LogP contribution in [0.3, 0.4) is 0 Å². The highest BCUT2D eigenvalue weighted by molar-refractivity contribution is 5.89. The van der Waals surface area contributed by atoms with E-state index in [1.807, 2.05) is 24.3 Å². The zero-order valence-corrected chi connectivity index (χ0v) is 13.7. The lowest BCUT2D eigenvalue weighted by atomic mass is 10.1. The van der Waals surface area contributed by atoms with Gasteiger partial charge >= 0.3 is 5.97 Å². The molecule has 0 aromatic heterocycles. The summed E-state index contributed by atoms with van der Waals surface area (Å²) in [7, 11) is 0. The molecule has 0 radical (unpaired) electrons. The third-order valence-electron chi connectivity index (χ3n) is 3.68. The molecular formula is C21H24O2. The zero-order chi connectivity index (χ0) is 16.3. The maximum Gasteiger partial charge on any atom is 0.338 e. The van der Waals surface area contributed by atoms with E-state index in [4.69, 9.17) is 4.74 Å².